The van der Waals surface area contributed by atoms with E-state index in [0.29, 0.717) is 6.61 Å². The van der Waals surface area contributed by atoms with Gasteiger partial charge in [-0.05, 0) is 37.1 Å². The standard InChI is InChI=1S/C13H23NO3Si/c1-15-18(16-2)11-5-8-14(9-6-12-18)13-7-3-4-10-17-13/h3-4,7H,5-6,8-12H2,1-2H3. The van der Waals surface area contributed by atoms with E-state index in [1.807, 2.05) is 6.08 Å². The summed E-state index contributed by atoms with van der Waals surface area (Å²) in [7, 11) is 1.70. The van der Waals surface area contributed by atoms with Gasteiger partial charge in [0.15, 0.2) is 5.88 Å². The van der Waals surface area contributed by atoms with Crippen LogP contribution in [0.15, 0.2) is 24.1 Å². The van der Waals surface area contributed by atoms with Gasteiger partial charge in [0.1, 0.15) is 6.61 Å². The quantitative estimate of drug-likeness (QED) is 0.735. The predicted octanol–water partition coefficient (Wildman–Crippen LogP) is 2.25. The lowest BCUT2D eigenvalue weighted by molar-refractivity contribution is 0.122. The molecule has 0 spiro atoms. The molecule has 0 aromatic rings. The van der Waals surface area contributed by atoms with Gasteiger partial charge < -0.3 is 18.5 Å². The third kappa shape index (κ3) is 3.16. The molecule has 0 amide bonds. The van der Waals surface area contributed by atoms with Crippen LogP contribution in [0, 0.1) is 0 Å². The SMILES string of the molecule is CO[Si]1(OC)CCCN(C2=CC=CCO2)CCC1. The monoisotopic (exact) mass is 269 g/mol. The van der Waals surface area contributed by atoms with E-state index in [2.05, 4.69) is 17.1 Å². The molecule has 1 saturated heterocycles. The summed E-state index contributed by atoms with van der Waals surface area (Å²) in [6.07, 6.45) is 8.38. The van der Waals surface area contributed by atoms with E-state index in [9.17, 15) is 0 Å². The summed E-state index contributed by atoms with van der Waals surface area (Å²) in [5.41, 5.74) is 0. The normalized spacial score (nSPS) is 23.9. The Morgan fingerprint density at radius 3 is 2.33 bits per heavy atom. The van der Waals surface area contributed by atoms with E-state index in [1.54, 1.807) is 14.2 Å². The molecule has 2 aliphatic rings. The van der Waals surface area contributed by atoms with Gasteiger partial charge in [-0.25, -0.2) is 0 Å². The summed E-state index contributed by atoms with van der Waals surface area (Å²) in [6, 6.07) is 2.14. The number of ether oxygens (including phenoxy) is 1. The highest BCUT2D eigenvalue weighted by molar-refractivity contribution is 6.67. The van der Waals surface area contributed by atoms with E-state index in [-0.39, 0.29) is 0 Å². The van der Waals surface area contributed by atoms with Crippen LogP contribution in [0.1, 0.15) is 12.8 Å². The first-order chi connectivity index (χ1) is 8.79. The number of allylic oxidation sites excluding steroid dienone is 2. The average molecular weight is 269 g/mol. The minimum atomic E-state index is -1.89. The van der Waals surface area contributed by atoms with E-state index in [0.717, 1.165) is 43.9 Å². The fourth-order valence-corrected chi connectivity index (χ4v) is 5.24. The summed E-state index contributed by atoms with van der Waals surface area (Å²) in [5.74, 6) is 1.02. The molecule has 0 aliphatic carbocycles. The fourth-order valence-electron chi connectivity index (χ4n) is 2.61. The van der Waals surface area contributed by atoms with Gasteiger partial charge in [0.25, 0.3) is 0 Å². The predicted molar refractivity (Wildman–Crippen MR) is 73.4 cm³/mol. The van der Waals surface area contributed by atoms with Gasteiger partial charge >= 0.3 is 8.56 Å². The van der Waals surface area contributed by atoms with Crippen molar-refractivity contribution >= 4 is 8.56 Å². The van der Waals surface area contributed by atoms with Crippen LogP contribution < -0.4 is 0 Å². The Kier molecular flexibility index (Phi) is 4.85. The second kappa shape index (κ2) is 6.40. The lowest BCUT2D eigenvalue weighted by Crippen LogP contribution is -2.43. The van der Waals surface area contributed by atoms with Crippen LogP contribution in [-0.4, -0.2) is 47.4 Å². The Morgan fingerprint density at radius 1 is 1.17 bits per heavy atom. The van der Waals surface area contributed by atoms with Crippen molar-refractivity contribution < 1.29 is 13.6 Å². The maximum Gasteiger partial charge on any atom is 0.337 e. The summed E-state index contributed by atoms with van der Waals surface area (Å²) >= 11 is 0. The van der Waals surface area contributed by atoms with E-state index in [1.165, 1.54) is 0 Å². The highest BCUT2D eigenvalue weighted by Gasteiger charge is 2.36. The molecule has 0 aromatic heterocycles. The molecule has 18 heavy (non-hydrogen) atoms. The van der Waals surface area contributed by atoms with Crippen molar-refractivity contribution in [1.82, 2.24) is 4.90 Å². The van der Waals surface area contributed by atoms with E-state index < -0.39 is 8.56 Å². The highest BCUT2D eigenvalue weighted by atomic mass is 28.4. The molecule has 2 heterocycles. The molecule has 2 aliphatic heterocycles. The van der Waals surface area contributed by atoms with Crippen LogP contribution in [-0.2, 0) is 13.6 Å². The van der Waals surface area contributed by atoms with Gasteiger partial charge in [0.2, 0.25) is 0 Å². The molecule has 0 aromatic carbocycles. The average Bonchev–Trinajstić information content (AvgIpc) is 2.41. The third-order valence-electron chi connectivity index (χ3n) is 3.73. The third-order valence-corrected chi connectivity index (χ3v) is 7.45. The van der Waals surface area contributed by atoms with Crippen LogP contribution in [0.5, 0.6) is 0 Å². The first-order valence-corrected chi connectivity index (χ1v) is 8.88. The molecule has 0 bridgehead atoms. The van der Waals surface area contributed by atoms with Crippen LogP contribution in [0.2, 0.25) is 12.1 Å². The first-order valence-electron chi connectivity index (χ1n) is 6.64. The molecule has 1 fully saturated rings. The zero-order chi connectivity index (χ0) is 12.8. The molecular formula is C13H23NO3Si. The molecule has 0 saturated carbocycles. The molecule has 0 atom stereocenters. The smallest absolute Gasteiger partial charge is 0.337 e. The lowest BCUT2D eigenvalue weighted by Gasteiger charge is -2.34. The van der Waals surface area contributed by atoms with Crippen molar-refractivity contribution in [3.8, 4) is 0 Å². The minimum Gasteiger partial charge on any atom is -0.475 e. The summed E-state index contributed by atoms with van der Waals surface area (Å²) < 4.78 is 17.0. The molecule has 0 radical (unpaired) electrons. The number of rotatable bonds is 3. The lowest BCUT2D eigenvalue weighted by atomic mass is 10.3. The van der Waals surface area contributed by atoms with Crippen molar-refractivity contribution in [2.24, 2.45) is 0 Å². The molecule has 5 heteroatoms. The fraction of sp³-hybridized carbons (Fsp3) is 0.692. The Morgan fingerprint density at radius 2 is 1.83 bits per heavy atom. The molecular weight excluding hydrogens is 246 g/mol. The van der Waals surface area contributed by atoms with Gasteiger partial charge in [-0.1, -0.05) is 6.08 Å². The molecule has 0 N–H and O–H groups in total. The van der Waals surface area contributed by atoms with Crippen LogP contribution in [0.25, 0.3) is 0 Å². The maximum atomic E-state index is 5.69. The minimum absolute atomic E-state index is 0.692. The zero-order valence-electron chi connectivity index (χ0n) is 11.4. The van der Waals surface area contributed by atoms with Gasteiger partial charge in [0, 0.05) is 27.3 Å². The van der Waals surface area contributed by atoms with E-state index >= 15 is 0 Å². The number of hydrogen-bond acceptors (Lipinski definition) is 4. The van der Waals surface area contributed by atoms with Crippen molar-refractivity contribution in [1.29, 1.82) is 0 Å². The Hall–Kier alpha value is -0.783. The van der Waals surface area contributed by atoms with Gasteiger partial charge in [-0.2, -0.15) is 0 Å². The molecule has 2 rings (SSSR count). The second-order valence-electron chi connectivity index (χ2n) is 4.76. The number of nitrogens with zero attached hydrogens (tertiary/aromatic N) is 1. The van der Waals surface area contributed by atoms with Crippen molar-refractivity contribution in [3.63, 3.8) is 0 Å². The van der Waals surface area contributed by atoms with Gasteiger partial charge in [-0.15, -0.1) is 0 Å². The molecule has 4 nitrogen and oxygen atoms in total. The largest absolute Gasteiger partial charge is 0.475 e. The highest BCUT2D eigenvalue weighted by Crippen LogP contribution is 2.26. The molecule has 102 valence electrons. The Labute approximate surface area is 110 Å². The Balaban J connectivity index is 1.93. The topological polar surface area (TPSA) is 30.9 Å². The van der Waals surface area contributed by atoms with Gasteiger partial charge in [-0.3, -0.25) is 0 Å². The van der Waals surface area contributed by atoms with E-state index in [4.69, 9.17) is 13.6 Å². The van der Waals surface area contributed by atoms with Gasteiger partial charge in [0.05, 0.1) is 0 Å². The van der Waals surface area contributed by atoms with Crippen molar-refractivity contribution in [3.05, 3.63) is 24.1 Å². The first kappa shape index (κ1) is 13.6. The summed E-state index contributed by atoms with van der Waals surface area (Å²) in [5, 5.41) is 0. The van der Waals surface area contributed by atoms with Crippen molar-refractivity contribution in [2.45, 2.75) is 24.9 Å². The molecule has 0 unspecified atom stereocenters. The van der Waals surface area contributed by atoms with Crippen molar-refractivity contribution in [2.75, 3.05) is 33.9 Å². The van der Waals surface area contributed by atoms with Crippen LogP contribution in [0.3, 0.4) is 0 Å². The summed E-state index contributed by atoms with van der Waals surface area (Å²) in [4.78, 5) is 2.34. The maximum absolute atomic E-state index is 5.69. The second-order valence-corrected chi connectivity index (χ2v) is 8.40. The zero-order valence-corrected chi connectivity index (χ0v) is 12.4. The van der Waals surface area contributed by atoms with Crippen LogP contribution in [0.4, 0.5) is 0 Å². The number of hydrogen-bond donors (Lipinski definition) is 0. The Bertz CT molecular complexity index is 314. The summed E-state index contributed by atoms with van der Waals surface area (Å²) in [6.45, 7) is 2.75. The van der Waals surface area contributed by atoms with Crippen LogP contribution >= 0.6 is 0 Å².